The maximum atomic E-state index is 12.0. The minimum Gasteiger partial charge on any atom is -0.508 e. The Balaban J connectivity index is 2.00. The lowest BCUT2D eigenvalue weighted by molar-refractivity contribution is 0.0940. The number of carbonyl (C=O) groups excluding carboxylic acids is 1. The second kappa shape index (κ2) is 5.40. The van der Waals surface area contributed by atoms with E-state index < -0.39 is 0 Å². The van der Waals surface area contributed by atoms with Crippen LogP contribution in [0.4, 0.5) is 0 Å². The number of carbonyl (C=O) groups is 1. The molecule has 4 nitrogen and oxygen atoms in total. The Labute approximate surface area is 107 Å². The molecule has 1 aromatic carbocycles. The van der Waals surface area contributed by atoms with E-state index in [-0.39, 0.29) is 22.8 Å². The van der Waals surface area contributed by atoms with Crippen molar-refractivity contribution in [2.45, 2.75) is 19.8 Å². The average Bonchev–Trinajstić information content (AvgIpc) is 2.76. The van der Waals surface area contributed by atoms with Gasteiger partial charge in [-0.1, -0.05) is 13.3 Å². The van der Waals surface area contributed by atoms with Gasteiger partial charge in [0.15, 0.2) is 5.78 Å². The Kier molecular flexibility index (Phi) is 3.87. The Morgan fingerprint density at radius 3 is 2.83 bits per heavy atom. The van der Waals surface area contributed by atoms with Crippen molar-refractivity contribution in [3.05, 3.63) is 23.8 Å². The van der Waals surface area contributed by atoms with Crippen molar-refractivity contribution in [2.24, 2.45) is 5.92 Å². The third kappa shape index (κ3) is 2.82. The van der Waals surface area contributed by atoms with Crippen LogP contribution in [-0.4, -0.2) is 40.5 Å². The van der Waals surface area contributed by atoms with Crippen molar-refractivity contribution in [1.29, 1.82) is 0 Å². The molecule has 0 aliphatic carbocycles. The molecule has 18 heavy (non-hydrogen) atoms. The number of benzene rings is 1. The van der Waals surface area contributed by atoms with E-state index in [1.807, 2.05) is 0 Å². The molecule has 1 aliphatic rings. The van der Waals surface area contributed by atoms with Gasteiger partial charge in [0.25, 0.3) is 0 Å². The molecule has 0 bridgehead atoms. The first-order valence-corrected chi connectivity index (χ1v) is 6.37. The molecule has 0 aromatic heterocycles. The number of Topliss-reactive ketones (excluding diaryl/α,β-unsaturated/α-hetero) is 1. The van der Waals surface area contributed by atoms with Gasteiger partial charge in [0.2, 0.25) is 0 Å². The molecule has 1 unspecified atom stereocenters. The van der Waals surface area contributed by atoms with E-state index in [9.17, 15) is 15.0 Å². The lowest BCUT2D eigenvalue weighted by Gasteiger charge is -2.15. The summed E-state index contributed by atoms with van der Waals surface area (Å²) in [5, 5.41) is 18.8. The monoisotopic (exact) mass is 249 g/mol. The summed E-state index contributed by atoms with van der Waals surface area (Å²) in [5.41, 5.74) is 0.285. The number of aromatic hydroxyl groups is 2. The van der Waals surface area contributed by atoms with Gasteiger partial charge >= 0.3 is 0 Å². The first-order valence-electron chi connectivity index (χ1n) is 6.37. The molecular weight excluding hydrogens is 230 g/mol. The van der Waals surface area contributed by atoms with E-state index in [4.69, 9.17) is 0 Å². The lowest BCUT2D eigenvalue weighted by atomic mass is 10.1. The zero-order valence-corrected chi connectivity index (χ0v) is 10.6. The van der Waals surface area contributed by atoms with E-state index in [2.05, 4.69) is 11.8 Å². The summed E-state index contributed by atoms with van der Waals surface area (Å²) in [6.45, 7) is 4.42. The van der Waals surface area contributed by atoms with Gasteiger partial charge in [-0.25, -0.2) is 0 Å². The summed E-state index contributed by atoms with van der Waals surface area (Å²) in [4.78, 5) is 14.2. The molecular formula is C14H19NO3. The zero-order valence-electron chi connectivity index (χ0n) is 10.6. The molecule has 0 saturated carbocycles. The molecule has 2 N–H and O–H groups in total. The van der Waals surface area contributed by atoms with Crippen LogP contribution in [0.5, 0.6) is 11.5 Å². The van der Waals surface area contributed by atoms with Gasteiger partial charge in [-0.05, 0) is 31.0 Å². The SMILES string of the molecule is CCC1CCN(CC(=O)c2ccc(O)cc2O)C1. The fourth-order valence-corrected chi connectivity index (χ4v) is 2.43. The van der Waals surface area contributed by atoms with Crippen LogP contribution in [0.25, 0.3) is 0 Å². The van der Waals surface area contributed by atoms with E-state index in [0.717, 1.165) is 25.9 Å². The minimum absolute atomic E-state index is 0.0312. The largest absolute Gasteiger partial charge is 0.508 e. The fraction of sp³-hybridized carbons (Fsp3) is 0.500. The predicted octanol–water partition coefficient (Wildman–Crippen LogP) is 2.01. The lowest BCUT2D eigenvalue weighted by Crippen LogP contribution is -2.27. The van der Waals surface area contributed by atoms with E-state index in [1.54, 1.807) is 0 Å². The van der Waals surface area contributed by atoms with Crippen LogP contribution < -0.4 is 0 Å². The van der Waals surface area contributed by atoms with Crippen LogP contribution in [0.1, 0.15) is 30.1 Å². The summed E-state index contributed by atoms with van der Waals surface area (Å²) in [6.07, 6.45) is 2.29. The van der Waals surface area contributed by atoms with Crippen LogP contribution in [0, 0.1) is 5.92 Å². The first kappa shape index (κ1) is 12.9. The highest BCUT2D eigenvalue weighted by Crippen LogP contribution is 2.24. The number of likely N-dealkylation sites (tertiary alicyclic amines) is 1. The van der Waals surface area contributed by atoms with E-state index in [1.165, 1.54) is 18.2 Å². The van der Waals surface area contributed by atoms with Gasteiger partial charge in [0.1, 0.15) is 11.5 Å². The molecule has 1 saturated heterocycles. The molecule has 98 valence electrons. The Morgan fingerprint density at radius 2 is 2.22 bits per heavy atom. The second-order valence-electron chi connectivity index (χ2n) is 4.92. The van der Waals surface area contributed by atoms with Crippen LogP contribution in [0.2, 0.25) is 0 Å². The third-order valence-electron chi connectivity index (χ3n) is 3.60. The molecule has 1 aliphatic heterocycles. The van der Waals surface area contributed by atoms with Crippen molar-refractivity contribution < 1.29 is 15.0 Å². The summed E-state index contributed by atoms with van der Waals surface area (Å²) < 4.78 is 0. The highest BCUT2D eigenvalue weighted by Gasteiger charge is 2.23. The molecule has 4 heteroatoms. The molecule has 0 radical (unpaired) electrons. The molecule has 1 aromatic rings. The highest BCUT2D eigenvalue weighted by atomic mass is 16.3. The van der Waals surface area contributed by atoms with Crippen molar-refractivity contribution in [1.82, 2.24) is 4.90 Å². The number of phenols is 2. The maximum Gasteiger partial charge on any atom is 0.180 e. The molecule has 2 rings (SSSR count). The van der Waals surface area contributed by atoms with Crippen molar-refractivity contribution in [2.75, 3.05) is 19.6 Å². The van der Waals surface area contributed by atoms with Gasteiger partial charge < -0.3 is 10.2 Å². The maximum absolute atomic E-state index is 12.0. The van der Waals surface area contributed by atoms with Crippen molar-refractivity contribution in [3.8, 4) is 11.5 Å². The summed E-state index contributed by atoms with van der Waals surface area (Å²) in [6, 6.07) is 4.10. The smallest absolute Gasteiger partial charge is 0.180 e. The molecule has 0 spiro atoms. The summed E-state index contributed by atoms with van der Waals surface area (Å²) in [7, 11) is 0. The number of hydrogen-bond acceptors (Lipinski definition) is 4. The van der Waals surface area contributed by atoms with E-state index in [0.29, 0.717) is 12.5 Å². The van der Waals surface area contributed by atoms with Gasteiger partial charge in [-0.15, -0.1) is 0 Å². The van der Waals surface area contributed by atoms with Gasteiger partial charge in [0, 0.05) is 12.6 Å². The van der Waals surface area contributed by atoms with Crippen molar-refractivity contribution in [3.63, 3.8) is 0 Å². The Morgan fingerprint density at radius 1 is 1.44 bits per heavy atom. The van der Waals surface area contributed by atoms with Crippen molar-refractivity contribution >= 4 is 5.78 Å². The fourth-order valence-electron chi connectivity index (χ4n) is 2.43. The van der Waals surface area contributed by atoms with Gasteiger partial charge in [-0.3, -0.25) is 9.69 Å². The second-order valence-corrected chi connectivity index (χ2v) is 4.92. The molecule has 1 atom stereocenters. The van der Waals surface area contributed by atoms with Gasteiger partial charge in [0.05, 0.1) is 12.1 Å². The highest BCUT2D eigenvalue weighted by molar-refractivity contribution is 6.00. The predicted molar refractivity (Wildman–Crippen MR) is 68.9 cm³/mol. The standard InChI is InChI=1S/C14H19NO3/c1-2-10-5-6-15(8-10)9-14(18)12-4-3-11(16)7-13(12)17/h3-4,7,10,16-17H,2,5-6,8-9H2,1H3. The van der Waals surface area contributed by atoms with Crippen LogP contribution in [0.3, 0.4) is 0 Å². The Bertz CT molecular complexity index is 445. The normalized spacial score (nSPS) is 20.2. The zero-order chi connectivity index (χ0) is 13.1. The topological polar surface area (TPSA) is 60.8 Å². The third-order valence-corrected chi connectivity index (χ3v) is 3.60. The quantitative estimate of drug-likeness (QED) is 0.801. The number of ketones is 1. The molecule has 1 heterocycles. The average molecular weight is 249 g/mol. The van der Waals surface area contributed by atoms with E-state index >= 15 is 0 Å². The Hall–Kier alpha value is -1.55. The molecule has 0 amide bonds. The molecule has 1 fully saturated rings. The first-order chi connectivity index (χ1) is 8.60. The van der Waals surface area contributed by atoms with Crippen LogP contribution >= 0.6 is 0 Å². The summed E-state index contributed by atoms with van der Waals surface area (Å²) in [5.74, 6) is 0.415. The number of hydrogen-bond donors (Lipinski definition) is 2. The summed E-state index contributed by atoms with van der Waals surface area (Å²) >= 11 is 0. The van der Waals surface area contributed by atoms with Gasteiger partial charge in [-0.2, -0.15) is 0 Å². The van der Waals surface area contributed by atoms with Crippen LogP contribution in [-0.2, 0) is 0 Å². The number of phenolic OH excluding ortho intramolecular Hbond substituents is 2. The number of nitrogens with zero attached hydrogens (tertiary/aromatic N) is 1. The number of rotatable bonds is 4. The van der Waals surface area contributed by atoms with Crippen LogP contribution in [0.15, 0.2) is 18.2 Å². The minimum atomic E-state index is -0.147.